The number of allylic oxidation sites excluding steroid dienone is 2. The van der Waals surface area contributed by atoms with Gasteiger partial charge in [-0.2, -0.15) is 0 Å². The Morgan fingerprint density at radius 3 is 2.58 bits per heavy atom. The predicted molar refractivity (Wildman–Crippen MR) is 125 cm³/mol. The zero-order chi connectivity index (χ0) is 23.5. The van der Waals surface area contributed by atoms with Gasteiger partial charge in [-0.3, -0.25) is 4.90 Å². The number of fused-ring (bicyclic) bond motifs is 1. The Bertz CT molecular complexity index is 997. The predicted octanol–water partition coefficient (Wildman–Crippen LogP) is 1.17. The number of nitrogens with one attached hydrogen (secondary N) is 2. The molecule has 33 heavy (non-hydrogen) atoms. The largest absolute Gasteiger partial charge is 0.498 e. The number of quaternary nitrogens is 1. The number of aliphatic hydroxyl groups excluding tert-OH is 1. The van der Waals surface area contributed by atoms with E-state index in [2.05, 4.69) is 12.2 Å². The van der Waals surface area contributed by atoms with Crippen LogP contribution in [0.25, 0.3) is 0 Å². The second kappa shape index (κ2) is 10.0. The van der Waals surface area contributed by atoms with Crippen molar-refractivity contribution in [2.45, 2.75) is 32.3 Å². The molecule has 4 atom stereocenters. The average molecular weight is 456 g/mol. The molecule has 0 radical (unpaired) electrons. The van der Waals surface area contributed by atoms with Gasteiger partial charge in [0.15, 0.2) is 11.5 Å². The first-order valence-corrected chi connectivity index (χ1v) is 11.6. The van der Waals surface area contributed by atoms with Crippen LogP contribution in [0.3, 0.4) is 0 Å². The number of rotatable bonds is 8. The molecule has 3 aliphatic rings. The number of amides is 1. The Morgan fingerprint density at radius 2 is 1.88 bits per heavy atom. The number of benzene rings is 1. The smallest absolute Gasteiger partial charge is 0.316 e. The molecule has 2 aliphatic carbocycles. The third-order valence-electron chi connectivity index (χ3n) is 7.20. The van der Waals surface area contributed by atoms with Gasteiger partial charge in [0.1, 0.15) is 18.4 Å². The molecule has 1 aliphatic heterocycles. The van der Waals surface area contributed by atoms with Crippen LogP contribution in [0.2, 0.25) is 0 Å². The number of hydrogen-bond donors (Lipinski definition) is 3. The molecule has 7 nitrogen and oxygen atoms in total. The summed E-state index contributed by atoms with van der Waals surface area (Å²) in [4.78, 5) is 13.8. The molecule has 7 heteroatoms. The van der Waals surface area contributed by atoms with E-state index in [0.717, 1.165) is 42.0 Å². The fraction of sp³-hybridized carbons (Fsp3) is 0.500. The molecule has 0 saturated heterocycles. The fourth-order valence-electron chi connectivity index (χ4n) is 5.26. The van der Waals surface area contributed by atoms with E-state index in [4.69, 9.17) is 14.2 Å². The van der Waals surface area contributed by atoms with Crippen LogP contribution in [0.5, 0.6) is 11.5 Å². The second-order valence-corrected chi connectivity index (χ2v) is 9.06. The first-order valence-electron chi connectivity index (χ1n) is 11.6. The summed E-state index contributed by atoms with van der Waals surface area (Å²) < 4.78 is 16.1. The van der Waals surface area contributed by atoms with Crippen LogP contribution in [0.1, 0.15) is 24.5 Å². The number of carbonyl (C=O) groups is 1. The van der Waals surface area contributed by atoms with Gasteiger partial charge in [0.05, 0.1) is 34.3 Å². The van der Waals surface area contributed by atoms with Crippen molar-refractivity contribution in [3.63, 3.8) is 0 Å². The molecular formula is C26H35N2O5+. The molecule has 1 amide bonds. The monoisotopic (exact) mass is 455 g/mol. The van der Waals surface area contributed by atoms with Gasteiger partial charge < -0.3 is 24.6 Å². The van der Waals surface area contributed by atoms with Crippen LogP contribution in [0.4, 0.5) is 0 Å². The molecule has 0 saturated carbocycles. The molecule has 3 N–H and O–H groups in total. The van der Waals surface area contributed by atoms with Gasteiger partial charge in [-0.15, -0.1) is 0 Å². The van der Waals surface area contributed by atoms with E-state index >= 15 is 0 Å². The Labute approximate surface area is 195 Å². The van der Waals surface area contributed by atoms with Gasteiger partial charge in [-0.1, -0.05) is 12.5 Å². The van der Waals surface area contributed by atoms with Gasteiger partial charge in [0.2, 0.25) is 0 Å². The second-order valence-electron chi connectivity index (χ2n) is 9.06. The number of aliphatic hydroxyl groups is 1. The maximum atomic E-state index is 12.8. The molecule has 1 aromatic rings. The fourth-order valence-corrected chi connectivity index (χ4v) is 5.26. The zero-order valence-electron chi connectivity index (χ0n) is 19.9. The van der Waals surface area contributed by atoms with E-state index < -0.39 is 6.10 Å². The lowest BCUT2D eigenvalue weighted by Gasteiger charge is -2.41. The lowest BCUT2D eigenvalue weighted by molar-refractivity contribution is -0.813. The summed E-state index contributed by atoms with van der Waals surface area (Å²) >= 11 is 0. The first kappa shape index (κ1) is 23.4. The maximum absolute atomic E-state index is 12.8. The van der Waals surface area contributed by atoms with E-state index in [0.29, 0.717) is 36.1 Å². The zero-order valence-corrected chi connectivity index (χ0v) is 19.9. The van der Waals surface area contributed by atoms with Crippen molar-refractivity contribution in [3.8, 4) is 11.5 Å². The number of carbonyl (C=O) groups excluding carboxylic acids is 1. The normalized spacial score (nSPS) is 26.7. The minimum atomic E-state index is -0.561. The third-order valence-corrected chi connectivity index (χ3v) is 7.20. The molecule has 0 spiro atoms. The minimum absolute atomic E-state index is 0.0857. The lowest BCUT2D eigenvalue weighted by atomic mass is 9.67. The van der Waals surface area contributed by atoms with E-state index in [1.807, 2.05) is 30.5 Å². The standard InChI is InChI=1S/C26H34N2O5/c1-16-25-19(13-23(33-4)26(16)30)10-20(25)15-27-7-5-8-28-9-6-17-11-21(31-2)22(32-3)12-18(17)14-24(28)29/h5,7,11-13,16,20,26-27,30H,6,8-10,14-15H2,1-4H3/p+1. The Hall–Kier alpha value is -2.77. The van der Waals surface area contributed by atoms with Crippen molar-refractivity contribution in [3.05, 3.63) is 58.5 Å². The Kier molecular flexibility index (Phi) is 7.10. The van der Waals surface area contributed by atoms with Crippen molar-refractivity contribution in [2.75, 3.05) is 41.0 Å². The summed E-state index contributed by atoms with van der Waals surface area (Å²) in [6.45, 7) is 4.30. The van der Waals surface area contributed by atoms with E-state index in [-0.39, 0.29) is 11.8 Å². The van der Waals surface area contributed by atoms with Gasteiger partial charge in [-0.05, 0) is 53.6 Å². The first-order chi connectivity index (χ1) is 16.0. The highest BCUT2D eigenvalue weighted by Gasteiger charge is 2.39. The third kappa shape index (κ3) is 4.66. The van der Waals surface area contributed by atoms with E-state index in [1.165, 1.54) is 11.1 Å². The summed E-state index contributed by atoms with van der Waals surface area (Å²) in [7, 11) is 4.86. The van der Waals surface area contributed by atoms with Crippen LogP contribution < -0.4 is 19.7 Å². The maximum Gasteiger partial charge on any atom is 0.316 e. The van der Waals surface area contributed by atoms with Crippen LogP contribution in [0.15, 0.2) is 47.4 Å². The highest BCUT2D eigenvalue weighted by atomic mass is 16.5. The summed E-state index contributed by atoms with van der Waals surface area (Å²) in [6.07, 6.45) is 7.67. The van der Waals surface area contributed by atoms with Gasteiger partial charge in [0, 0.05) is 24.8 Å². The molecule has 4 rings (SSSR count). The van der Waals surface area contributed by atoms with E-state index in [1.54, 1.807) is 21.3 Å². The van der Waals surface area contributed by atoms with Gasteiger partial charge in [0.25, 0.3) is 0 Å². The summed E-state index contributed by atoms with van der Waals surface area (Å²) in [5, 5.41) is 13.8. The average Bonchev–Trinajstić information content (AvgIpc) is 2.95. The molecule has 4 unspecified atom stereocenters. The van der Waals surface area contributed by atoms with Crippen molar-refractivity contribution in [1.82, 2.24) is 5.32 Å². The van der Waals surface area contributed by atoms with Crippen LogP contribution in [-0.4, -0.2) is 58.1 Å². The van der Waals surface area contributed by atoms with Gasteiger partial charge >= 0.3 is 5.91 Å². The molecule has 1 aromatic carbocycles. The minimum Gasteiger partial charge on any atom is -0.498 e. The van der Waals surface area contributed by atoms with Crippen molar-refractivity contribution in [1.29, 1.82) is 0 Å². The van der Waals surface area contributed by atoms with Gasteiger partial charge in [-0.25, -0.2) is 4.79 Å². The summed E-state index contributed by atoms with van der Waals surface area (Å²) in [5.41, 5.74) is 4.81. The SMILES string of the molecule is COC1=CC2=C(C(CNC=CC[NH+]3CCc4cc(OC)c(OC)cc4CC3=O)C2)C(C)C1O. The topological polar surface area (TPSA) is 81.5 Å². The molecular weight excluding hydrogens is 420 g/mol. The van der Waals surface area contributed by atoms with Crippen LogP contribution in [-0.2, 0) is 22.4 Å². The van der Waals surface area contributed by atoms with E-state index in [9.17, 15) is 9.90 Å². The van der Waals surface area contributed by atoms with Crippen molar-refractivity contribution in [2.24, 2.45) is 11.8 Å². The summed E-state index contributed by atoms with van der Waals surface area (Å²) in [5.74, 6) is 2.75. The number of ether oxygens (including phenoxy) is 3. The Balaban J connectivity index is 1.29. The Morgan fingerprint density at radius 1 is 1.15 bits per heavy atom. The number of methoxy groups -OCH3 is 3. The lowest BCUT2D eigenvalue weighted by Crippen LogP contribution is -3.14. The quantitative estimate of drug-likeness (QED) is 0.546. The van der Waals surface area contributed by atoms with Crippen LogP contribution >= 0.6 is 0 Å². The molecule has 0 aromatic heterocycles. The van der Waals surface area contributed by atoms with Crippen molar-refractivity contribution < 1.29 is 29.0 Å². The highest BCUT2D eigenvalue weighted by molar-refractivity contribution is 5.72. The van der Waals surface area contributed by atoms with Crippen LogP contribution in [0, 0.1) is 11.8 Å². The number of hydrogen-bond acceptors (Lipinski definition) is 6. The summed E-state index contributed by atoms with van der Waals surface area (Å²) in [6, 6.07) is 3.93. The molecule has 1 heterocycles. The molecule has 0 fully saturated rings. The highest BCUT2D eigenvalue weighted by Crippen LogP contribution is 2.45. The molecule has 0 bridgehead atoms. The van der Waals surface area contributed by atoms with Crippen molar-refractivity contribution >= 4 is 5.91 Å². The molecule has 178 valence electrons.